The predicted octanol–water partition coefficient (Wildman–Crippen LogP) is 0.115. The number of carboxylic acids is 1. The van der Waals surface area contributed by atoms with Gasteiger partial charge in [-0.05, 0) is 18.8 Å². The van der Waals surface area contributed by atoms with Crippen molar-refractivity contribution in [1.29, 1.82) is 0 Å². The molecule has 0 unspecified atom stereocenters. The molecule has 0 bridgehead atoms. The first-order chi connectivity index (χ1) is 8.65. The molecule has 7 heteroatoms. The van der Waals surface area contributed by atoms with Crippen LogP contribution >= 0.6 is 0 Å². The molecule has 98 valence electrons. The number of amides is 2. The lowest BCUT2D eigenvalue weighted by Crippen LogP contribution is -2.47. The van der Waals surface area contributed by atoms with Gasteiger partial charge in [-0.15, -0.1) is 0 Å². The summed E-state index contributed by atoms with van der Waals surface area (Å²) in [4.78, 5) is 29.2. The molecule has 0 aliphatic heterocycles. The number of carboxylic acid groups (broad SMARTS) is 1. The maximum Gasteiger partial charge on any atom is 0.326 e. The number of aromatic amines is 1. The number of rotatable bonds is 6. The summed E-state index contributed by atoms with van der Waals surface area (Å²) in [5.74, 6) is -0.502. The number of hydrogen-bond donors (Lipinski definition) is 4. The largest absolute Gasteiger partial charge is 0.480 e. The summed E-state index contributed by atoms with van der Waals surface area (Å²) in [5.41, 5.74) is 0.671. The highest BCUT2D eigenvalue weighted by Gasteiger charge is 2.24. The third kappa shape index (κ3) is 3.76. The number of H-pyrrole nitrogens is 1. The van der Waals surface area contributed by atoms with Crippen molar-refractivity contribution in [3.63, 3.8) is 0 Å². The van der Waals surface area contributed by atoms with Gasteiger partial charge < -0.3 is 20.7 Å². The van der Waals surface area contributed by atoms with Gasteiger partial charge in [0.1, 0.15) is 6.04 Å². The molecule has 1 heterocycles. The second-order valence-electron chi connectivity index (χ2n) is 4.47. The third-order valence-electron chi connectivity index (χ3n) is 2.83. The third-order valence-corrected chi connectivity index (χ3v) is 2.83. The lowest BCUT2D eigenvalue weighted by atomic mass is 10.2. The molecule has 0 saturated heterocycles. The molecular weight excluding hydrogens is 236 g/mol. The van der Waals surface area contributed by atoms with Crippen LogP contribution in [0, 0.1) is 5.92 Å². The van der Waals surface area contributed by atoms with Crippen LogP contribution in [0.4, 0.5) is 4.79 Å². The zero-order valence-electron chi connectivity index (χ0n) is 9.85. The van der Waals surface area contributed by atoms with E-state index in [0.717, 1.165) is 12.8 Å². The second kappa shape index (κ2) is 5.52. The Balaban J connectivity index is 1.81. The van der Waals surface area contributed by atoms with Gasteiger partial charge >= 0.3 is 12.0 Å². The average Bonchev–Trinajstić information content (AvgIpc) is 3.02. The van der Waals surface area contributed by atoms with Gasteiger partial charge in [0, 0.05) is 24.9 Å². The molecule has 7 nitrogen and oxygen atoms in total. The van der Waals surface area contributed by atoms with Crippen LogP contribution in [0.3, 0.4) is 0 Å². The van der Waals surface area contributed by atoms with Gasteiger partial charge in [-0.3, -0.25) is 0 Å². The minimum absolute atomic E-state index is 0.187. The Bertz CT molecular complexity index is 414. The van der Waals surface area contributed by atoms with Crippen LogP contribution in [-0.2, 0) is 11.2 Å². The number of imidazole rings is 1. The highest BCUT2D eigenvalue weighted by Crippen LogP contribution is 2.27. The van der Waals surface area contributed by atoms with E-state index in [1.54, 1.807) is 6.20 Å². The lowest BCUT2D eigenvalue weighted by Gasteiger charge is -2.14. The van der Waals surface area contributed by atoms with E-state index in [2.05, 4.69) is 20.6 Å². The molecule has 1 fully saturated rings. The van der Waals surface area contributed by atoms with Gasteiger partial charge in [0.2, 0.25) is 0 Å². The summed E-state index contributed by atoms with van der Waals surface area (Å²) in [5, 5.41) is 14.1. The highest BCUT2D eigenvalue weighted by molar-refractivity contribution is 5.82. The number of nitrogens with one attached hydrogen (secondary N) is 3. The Morgan fingerprint density at radius 1 is 1.56 bits per heavy atom. The van der Waals surface area contributed by atoms with Crippen LogP contribution in [0.25, 0.3) is 0 Å². The Kier molecular flexibility index (Phi) is 3.81. The first kappa shape index (κ1) is 12.4. The molecule has 1 aliphatic rings. The maximum absolute atomic E-state index is 11.5. The van der Waals surface area contributed by atoms with Gasteiger partial charge in [0.05, 0.1) is 6.33 Å². The number of urea groups is 1. The maximum atomic E-state index is 11.5. The van der Waals surface area contributed by atoms with Crippen LogP contribution in [0.1, 0.15) is 18.5 Å². The number of aliphatic carboxylic acids is 1. The van der Waals surface area contributed by atoms with Gasteiger partial charge in [-0.1, -0.05) is 0 Å². The SMILES string of the molecule is O=C(NCC1CC1)N[C@@H](Cc1cnc[nH]1)C(=O)O. The van der Waals surface area contributed by atoms with E-state index in [4.69, 9.17) is 5.11 Å². The molecule has 0 aromatic carbocycles. The zero-order valence-corrected chi connectivity index (χ0v) is 9.85. The molecule has 1 atom stereocenters. The normalized spacial score (nSPS) is 16.0. The highest BCUT2D eigenvalue weighted by atomic mass is 16.4. The molecule has 2 amide bonds. The van der Waals surface area contributed by atoms with E-state index in [1.807, 2.05) is 0 Å². The molecule has 1 aromatic rings. The molecule has 18 heavy (non-hydrogen) atoms. The molecule has 2 rings (SSSR count). The van der Waals surface area contributed by atoms with Crippen molar-refractivity contribution in [3.8, 4) is 0 Å². The standard InChI is InChI=1S/C11H16N4O3/c16-10(17)9(3-8-5-12-6-14-8)15-11(18)13-4-7-1-2-7/h5-7,9H,1-4H2,(H,12,14)(H,16,17)(H2,13,15,18)/t9-/m0/s1. The van der Waals surface area contributed by atoms with Crippen LogP contribution < -0.4 is 10.6 Å². The van der Waals surface area contributed by atoms with Crippen molar-refractivity contribution in [2.24, 2.45) is 5.92 Å². The molecule has 0 radical (unpaired) electrons. The topological polar surface area (TPSA) is 107 Å². The van der Waals surface area contributed by atoms with E-state index in [1.165, 1.54) is 6.33 Å². The molecular formula is C11H16N4O3. The molecule has 4 N–H and O–H groups in total. The van der Waals surface area contributed by atoms with Crippen molar-refractivity contribution in [2.75, 3.05) is 6.54 Å². The van der Waals surface area contributed by atoms with Crippen molar-refractivity contribution >= 4 is 12.0 Å². The second-order valence-corrected chi connectivity index (χ2v) is 4.47. The summed E-state index contributed by atoms with van der Waals surface area (Å²) in [6.45, 7) is 0.613. The van der Waals surface area contributed by atoms with Crippen LogP contribution in [0.15, 0.2) is 12.5 Å². The Morgan fingerprint density at radius 3 is 2.89 bits per heavy atom. The van der Waals surface area contributed by atoms with Crippen LogP contribution in [-0.4, -0.2) is 39.7 Å². The van der Waals surface area contributed by atoms with Gasteiger partial charge in [0.15, 0.2) is 0 Å². The smallest absolute Gasteiger partial charge is 0.326 e. The Morgan fingerprint density at radius 2 is 2.33 bits per heavy atom. The number of carbonyl (C=O) groups excluding carboxylic acids is 1. The van der Waals surface area contributed by atoms with E-state index in [0.29, 0.717) is 18.2 Å². The average molecular weight is 252 g/mol. The first-order valence-electron chi connectivity index (χ1n) is 5.89. The molecule has 1 aliphatic carbocycles. The number of hydrogen-bond acceptors (Lipinski definition) is 3. The van der Waals surface area contributed by atoms with Crippen molar-refractivity contribution in [1.82, 2.24) is 20.6 Å². The Hall–Kier alpha value is -2.05. The van der Waals surface area contributed by atoms with E-state index < -0.39 is 18.0 Å². The summed E-state index contributed by atoms with van der Waals surface area (Å²) >= 11 is 0. The summed E-state index contributed by atoms with van der Waals surface area (Å²) in [7, 11) is 0. The van der Waals surface area contributed by atoms with E-state index >= 15 is 0 Å². The van der Waals surface area contributed by atoms with Gasteiger partial charge in [-0.2, -0.15) is 0 Å². The zero-order chi connectivity index (χ0) is 13.0. The molecule has 1 aromatic heterocycles. The number of carbonyl (C=O) groups is 2. The summed E-state index contributed by atoms with van der Waals surface area (Å²) in [6, 6.07) is -1.39. The van der Waals surface area contributed by atoms with Gasteiger partial charge in [-0.25, -0.2) is 14.6 Å². The minimum Gasteiger partial charge on any atom is -0.480 e. The summed E-state index contributed by atoms with van der Waals surface area (Å²) < 4.78 is 0. The molecule has 1 saturated carbocycles. The molecule has 0 spiro atoms. The van der Waals surface area contributed by atoms with E-state index in [-0.39, 0.29) is 6.42 Å². The van der Waals surface area contributed by atoms with Crippen molar-refractivity contribution in [2.45, 2.75) is 25.3 Å². The van der Waals surface area contributed by atoms with Crippen LogP contribution in [0.2, 0.25) is 0 Å². The number of aromatic nitrogens is 2. The fourth-order valence-corrected chi connectivity index (χ4v) is 1.58. The quantitative estimate of drug-likeness (QED) is 0.576. The van der Waals surface area contributed by atoms with Crippen molar-refractivity contribution in [3.05, 3.63) is 18.2 Å². The van der Waals surface area contributed by atoms with Gasteiger partial charge in [0.25, 0.3) is 0 Å². The number of nitrogens with zero attached hydrogens (tertiary/aromatic N) is 1. The summed E-state index contributed by atoms with van der Waals surface area (Å²) in [6.07, 6.45) is 5.47. The van der Waals surface area contributed by atoms with E-state index in [9.17, 15) is 9.59 Å². The fraction of sp³-hybridized carbons (Fsp3) is 0.545. The lowest BCUT2D eigenvalue weighted by molar-refractivity contribution is -0.139. The monoisotopic (exact) mass is 252 g/mol. The minimum atomic E-state index is -1.06. The fourth-order valence-electron chi connectivity index (χ4n) is 1.58. The van der Waals surface area contributed by atoms with Crippen LogP contribution in [0.5, 0.6) is 0 Å². The first-order valence-corrected chi connectivity index (χ1v) is 5.89. The van der Waals surface area contributed by atoms with Crippen molar-refractivity contribution < 1.29 is 14.7 Å². The predicted molar refractivity (Wildman–Crippen MR) is 63.0 cm³/mol. The Labute approximate surface area is 104 Å².